The Kier molecular flexibility index (Phi) is 12.6. The maximum absolute atomic E-state index is 10.1. The van der Waals surface area contributed by atoms with E-state index in [0.717, 1.165) is 56.4 Å². The predicted molar refractivity (Wildman–Crippen MR) is 253 cm³/mol. The van der Waals surface area contributed by atoms with Crippen LogP contribution >= 0.6 is 0 Å². The van der Waals surface area contributed by atoms with Gasteiger partial charge < -0.3 is 10.0 Å². The fourth-order valence-corrected chi connectivity index (χ4v) is 9.04. The first-order valence-corrected chi connectivity index (χ1v) is 20.9. The van der Waals surface area contributed by atoms with E-state index < -0.39 is 11.4 Å². The van der Waals surface area contributed by atoms with Crippen molar-refractivity contribution in [1.29, 1.82) is 0 Å². The van der Waals surface area contributed by atoms with Crippen molar-refractivity contribution in [2.75, 3.05) is 4.90 Å². The molecule has 6 aromatic carbocycles. The van der Waals surface area contributed by atoms with Crippen molar-refractivity contribution in [2.45, 2.75) is 33.1 Å². The molecule has 6 nitrogen and oxygen atoms in total. The number of anilines is 3. The van der Waals surface area contributed by atoms with Gasteiger partial charge in [-0.15, -0.1) is 53.1 Å². The number of carboxylic acids is 1. The molecule has 0 saturated heterocycles. The largest absolute Gasteiger partial charge is 0.477 e. The van der Waals surface area contributed by atoms with Gasteiger partial charge in [0.1, 0.15) is 5.69 Å². The average molecular weight is 1010 g/mol. The minimum Gasteiger partial charge on any atom is -0.477 e. The molecule has 0 spiro atoms. The van der Waals surface area contributed by atoms with E-state index in [9.17, 15) is 4.79 Å². The third kappa shape index (κ3) is 7.96. The third-order valence-corrected chi connectivity index (χ3v) is 11.8. The summed E-state index contributed by atoms with van der Waals surface area (Å²) in [7, 11) is 0. The molecule has 0 aliphatic carbocycles. The second-order valence-corrected chi connectivity index (χ2v) is 15.8. The van der Waals surface area contributed by atoms with Crippen molar-refractivity contribution in [2.24, 2.45) is 0 Å². The first-order chi connectivity index (χ1) is 30.8. The predicted octanol–water partition coefficient (Wildman–Crippen LogP) is 13.3. The summed E-state index contributed by atoms with van der Waals surface area (Å²) in [6.07, 6.45) is 3.34. The Labute approximate surface area is 388 Å². The number of hydrogen-bond acceptors (Lipinski definition) is 5. The summed E-state index contributed by atoms with van der Waals surface area (Å²) in [5.74, 6) is -0.990. The van der Waals surface area contributed by atoms with Gasteiger partial charge in [-0.05, 0) is 110 Å². The normalized spacial score (nSPS) is 13.7. The summed E-state index contributed by atoms with van der Waals surface area (Å²) in [4.78, 5) is 26.8. The number of para-hydroxylation sites is 1. The van der Waals surface area contributed by atoms with Gasteiger partial charge in [0, 0.05) is 49.6 Å². The molecule has 1 N–H and O–H groups in total. The van der Waals surface area contributed by atoms with E-state index in [0.29, 0.717) is 0 Å². The first kappa shape index (κ1) is 43.3. The standard InChI is InChI=1S/C51H39N3.C6H5NO2.Ir/c1-34-16-13-17-35(2)49(34)39-27-29-42-45(32-39)54(41-22-9-6-10-23-41)46-33-40(50-36(3)18-14-19-37(50)4)28-30-43(46)51(42,47-25-11-12-31-52-47)48-26-15-24-44(53-48)38-20-7-5-8-21-38;8-6(9)5-3-1-2-4-7-5;/h5-20,22-29,31-33H,1-4H3;1-4H,(H,8,9);/q-2;;/t51-;;/m0../s1. The molecule has 0 fully saturated rings. The Bertz CT molecular complexity index is 2940. The summed E-state index contributed by atoms with van der Waals surface area (Å²) in [5, 5.41) is 8.32. The zero-order valence-corrected chi connectivity index (χ0v) is 38.3. The maximum atomic E-state index is 10.1. The first-order valence-electron chi connectivity index (χ1n) is 20.9. The molecule has 4 heterocycles. The van der Waals surface area contributed by atoms with Crippen molar-refractivity contribution in [3.8, 4) is 33.5 Å². The van der Waals surface area contributed by atoms with Crippen LogP contribution in [0.5, 0.6) is 0 Å². The fourth-order valence-electron chi connectivity index (χ4n) is 9.04. The summed E-state index contributed by atoms with van der Waals surface area (Å²) in [6.45, 7) is 8.78. The molecule has 0 bridgehead atoms. The van der Waals surface area contributed by atoms with Crippen molar-refractivity contribution >= 4 is 23.0 Å². The van der Waals surface area contributed by atoms with E-state index >= 15 is 0 Å². The van der Waals surface area contributed by atoms with E-state index in [4.69, 9.17) is 15.1 Å². The van der Waals surface area contributed by atoms with Crippen LogP contribution < -0.4 is 4.90 Å². The number of nitrogens with zero attached hydrogens (tertiary/aromatic N) is 4. The smallest absolute Gasteiger partial charge is 0.354 e. The third-order valence-electron chi connectivity index (χ3n) is 11.8. The van der Waals surface area contributed by atoms with Gasteiger partial charge in [-0.3, -0.25) is 9.97 Å². The Morgan fingerprint density at radius 3 is 1.80 bits per heavy atom. The molecule has 10 rings (SSSR count). The van der Waals surface area contributed by atoms with Crippen LogP contribution in [0.15, 0.2) is 188 Å². The summed E-state index contributed by atoms with van der Waals surface area (Å²) in [5.41, 5.74) is 17.7. The maximum Gasteiger partial charge on any atom is 0.354 e. The number of aromatic carboxylic acids is 1. The molecule has 315 valence electrons. The zero-order chi connectivity index (χ0) is 43.5. The minimum absolute atomic E-state index is 0. The molecule has 1 radical (unpaired) electrons. The molecule has 9 aromatic rings. The van der Waals surface area contributed by atoms with Gasteiger partial charge >= 0.3 is 5.97 Å². The van der Waals surface area contributed by atoms with Gasteiger partial charge in [-0.25, -0.2) is 9.78 Å². The van der Waals surface area contributed by atoms with E-state index in [1.807, 2.05) is 30.5 Å². The summed E-state index contributed by atoms with van der Waals surface area (Å²) in [6, 6.07) is 67.9. The van der Waals surface area contributed by atoms with E-state index in [1.54, 1.807) is 12.1 Å². The van der Waals surface area contributed by atoms with Crippen LogP contribution in [0.25, 0.3) is 33.5 Å². The molecule has 0 unspecified atom stereocenters. The van der Waals surface area contributed by atoms with Crippen LogP contribution in [0.3, 0.4) is 0 Å². The Balaban J connectivity index is 0.000000502. The molecular weight excluding hydrogens is 965 g/mol. The minimum atomic E-state index is -0.990. The number of aryl methyl sites for hydroxylation is 4. The topological polar surface area (TPSA) is 79.2 Å². The van der Waals surface area contributed by atoms with Crippen LogP contribution in [-0.4, -0.2) is 26.0 Å². The van der Waals surface area contributed by atoms with Crippen LogP contribution in [0.1, 0.15) is 55.3 Å². The van der Waals surface area contributed by atoms with Crippen LogP contribution in [0.2, 0.25) is 0 Å². The molecule has 64 heavy (non-hydrogen) atoms. The van der Waals surface area contributed by atoms with E-state index in [2.05, 4.69) is 183 Å². The van der Waals surface area contributed by atoms with Gasteiger partial charge in [0.05, 0.1) is 11.1 Å². The van der Waals surface area contributed by atoms with Crippen molar-refractivity contribution in [3.63, 3.8) is 0 Å². The van der Waals surface area contributed by atoms with Crippen molar-refractivity contribution in [1.82, 2.24) is 15.0 Å². The molecule has 3 aromatic heterocycles. The summed E-state index contributed by atoms with van der Waals surface area (Å²) < 4.78 is 0. The zero-order valence-electron chi connectivity index (χ0n) is 35.9. The number of aromatic nitrogens is 3. The molecular formula is C57H44IrN4O2-2. The van der Waals surface area contributed by atoms with Gasteiger partial charge in [0.2, 0.25) is 0 Å². The second-order valence-electron chi connectivity index (χ2n) is 15.8. The number of carbonyl (C=O) groups is 1. The van der Waals surface area contributed by atoms with Crippen LogP contribution in [-0.2, 0) is 25.5 Å². The van der Waals surface area contributed by atoms with Crippen LogP contribution in [0, 0.1) is 39.8 Å². The van der Waals surface area contributed by atoms with Crippen molar-refractivity contribution in [3.05, 3.63) is 251 Å². The molecule has 1 atom stereocenters. The number of fused-ring (bicyclic) bond motifs is 2. The van der Waals surface area contributed by atoms with Gasteiger partial charge in [-0.2, -0.15) is 12.1 Å². The number of carboxylic acid groups (broad SMARTS) is 1. The van der Waals surface area contributed by atoms with E-state index in [1.165, 1.54) is 51.2 Å². The second kappa shape index (κ2) is 18.6. The molecule has 0 saturated carbocycles. The monoisotopic (exact) mass is 1010 g/mol. The Morgan fingerprint density at radius 2 is 1.19 bits per heavy atom. The number of pyridine rings is 3. The van der Waals surface area contributed by atoms with Crippen molar-refractivity contribution < 1.29 is 30.0 Å². The quantitative estimate of drug-likeness (QED) is 0.160. The molecule has 1 aliphatic heterocycles. The van der Waals surface area contributed by atoms with Gasteiger partial charge in [0.25, 0.3) is 0 Å². The average Bonchev–Trinajstić information content (AvgIpc) is 3.32. The fraction of sp³-hybridized carbons (Fsp3) is 0.0877. The molecule has 1 aliphatic rings. The van der Waals surface area contributed by atoms with Gasteiger partial charge in [-0.1, -0.05) is 113 Å². The van der Waals surface area contributed by atoms with Gasteiger partial charge in [0.15, 0.2) is 0 Å². The molecule has 0 amide bonds. The number of hydrogen-bond donors (Lipinski definition) is 1. The summed E-state index contributed by atoms with van der Waals surface area (Å²) >= 11 is 0. The Morgan fingerprint density at radius 1 is 0.578 bits per heavy atom. The number of benzene rings is 6. The van der Waals surface area contributed by atoms with Crippen LogP contribution in [0.4, 0.5) is 17.1 Å². The SMILES string of the molecule is Cc1cccc(C)c1-c1c[c-]c2c(c1)N(c1ccccc1)c1cc(-c3c(C)cccc3C)ccc1[C@]2(c1ccccn1)c1cccc(-c2[c-]cccc2)n1.O=C(O)c1ccccn1.[Ir]. The number of rotatable bonds is 7. The molecule has 7 heteroatoms. The van der Waals surface area contributed by atoms with E-state index in [-0.39, 0.29) is 25.8 Å². The Hall–Kier alpha value is -7.31.